The summed E-state index contributed by atoms with van der Waals surface area (Å²) in [5, 5.41) is 11.7. The van der Waals surface area contributed by atoms with Gasteiger partial charge >= 0.3 is 5.97 Å². The number of rotatable bonds is 4. The summed E-state index contributed by atoms with van der Waals surface area (Å²) in [7, 11) is 0. The molecule has 6 heteroatoms. The van der Waals surface area contributed by atoms with E-state index in [9.17, 15) is 9.59 Å². The molecule has 0 bridgehead atoms. The molecule has 0 saturated heterocycles. The van der Waals surface area contributed by atoms with Gasteiger partial charge in [0.15, 0.2) is 0 Å². The van der Waals surface area contributed by atoms with Crippen molar-refractivity contribution in [1.82, 2.24) is 4.98 Å². The SMILES string of the molecule is O=C(C=Cc1cccnc1)Nc1ccc(Br)cc1C(=O)O. The molecule has 0 fully saturated rings. The molecule has 1 heterocycles. The summed E-state index contributed by atoms with van der Waals surface area (Å²) in [6.45, 7) is 0. The van der Waals surface area contributed by atoms with Gasteiger partial charge in [0.2, 0.25) is 5.91 Å². The molecule has 0 aliphatic carbocycles. The molecule has 0 unspecified atom stereocenters. The number of carboxylic acids is 1. The smallest absolute Gasteiger partial charge is 0.337 e. The lowest BCUT2D eigenvalue weighted by atomic mass is 10.2. The van der Waals surface area contributed by atoms with Crippen molar-refractivity contribution in [1.29, 1.82) is 0 Å². The molecule has 0 aliphatic heterocycles. The molecule has 1 aromatic heterocycles. The quantitative estimate of drug-likeness (QED) is 0.833. The maximum absolute atomic E-state index is 11.8. The average molecular weight is 347 g/mol. The first-order valence-electron chi connectivity index (χ1n) is 5.98. The van der Waals surface area contributed by atoms with Crippen LogP contribution in [0.3, 0.4) is 0 Å². The number of carboxylic acid groups (broad SMARTS) is 1. The van der Waals surface area contributed by atoms with E-state index in [1.807, 2.05) is 0 Å². The van der Waals surface area contributed by atoms with Crippen molar-refractivity contribution in [3.05, 3.63) is 64.4 Å². The molecular formula is C15H11BrN2O3. The second-order valence-electron chi connectivity index (χ2n) is 4.10. The van der Waals surface area contributed by atoms with Crippen LogP contribution in [-0.2, 0) is 4.79 Å². The van der Waals surface area contributed by atoms with Crippen LogP contribution in [0.25, 0.3) is 6.08 Å². The molecule has 0 radical (unpaired) electrons. The van der Waals surface area contributed by atoms with Gasteiger partial charge in [-0.25, -0.2) is 4.79 Å². The molecule has 0 spiro atoms. The minimum Gasteiger partial charge on any atom is -0.478 e. The molecule has 106 valence electrons. The number of pyridine rings is 1. The van der Waals surface area contributed by atoms with Gasteiger partial charge in [-0.1, -0.05) is 22.0 Å². The van der Waals surface area contributed by atoms with Gasteiger partial charge in [-0.05, 0) is 35.9 Å². The number of anilines is 1. The van der Waals surface area contributed by atoms with Gasteiger partial charge in [-0.15, -0.1) is 0 Å². The number of hydrogen-bond acceptors (Lipinski definition) is 3. The molecule has 21 heavy (non-hydrogen) atoms. The minimum absolute atomic E-state index is 0.0208. The van der Waals surface area contributed by atoms with E-state index < -0.39 is 11.9 Å². The van der Waals surface area contributed by atoms with Crippen LogP contribution in [0.4, 0.5) is 5.69 Å². The third kappa shape index (κ3) is 4.25. The number of halogens is 1. The number of carbonyl (C=O) groups is 2. The van der Waals surface area contributed by atoms with Crippen molar-refractivity contribution in [2.75, 3.05) is 5.32 Å². The van der Waals surface area contributed by atoms with Crippen molar-refractivity contribution in [2.45, 2.75) is 0 Å². The second-order valence-corrected chi connectivity index (χ2v) is 5.02. The van der Waals surface area contributed by atoms with Gasteiger partial charge in [0, 0.05) is 22.9 Å². The van der Waals surface area contributed by atoms with Gasteiger partial charge in [0.1, 0.15) is 0 Å². The largest absolute Gasteiger partial charge is 0.478 e. The average Bonchev–Trinajstić information content (AvgIpc) is 2.48. The molecule has 2 rings (SSSR count). The van der Waals surface area contributed by atoms with Crippen LogP contribution in [0.2, 0.25) is 0 Å². The maximum Gasteiger partial charge on any atom is 0.337 e. The zero-order valence-corrected chi connectivity index (χ0v) is 12.4. The standard InChI is InChI=1S/C15H11BrN2O3/c16-11-4-5-13(12(8-11)15(20)21)18-14(19)6-3-10-2-1-7-17-9-10/h1-9H,(H,18,19)(H,20,21). The Balaban J connectivity index is 2.13. The van der Waals surface area contributed by atoms with E-state index in [1.54, 1.807) is 36.7 Å². The van der Waals surface area contributed by atoms with Crippen molar-refractivity contribution >= 4 is 39.6 Å². The predicted molar refractivity (Wildman–Crippen MR) is 83.0 cm³/mol. The van der Waals surface area contributed by atoms with Crippen LogP contribution in [0.15, 0.2) is 53.3 Å². The lowest BCUT2D eigenvalue weighted by molar-refractivity contribution is -0.111. The van der Waals surface area contributed by atoms with Gasteiger partial charge in [0.25, 0.3) is 0 Å². The zero-order chi connectivity index (χ0) is 15.2. The van der Waals surface area contributed by atoms with Crippen LogP contribution in [0, 0.1) is 0 Å². The zero-order valence-electron chi connectivity index (χ0n) is 10.8. The molecule has 0 saturated carbocycles. The second kappa shape index (κ2) is 6.81. The number of carbonyl (C=O) groups excluding carboxylic acids is 1. The molecule has 2 N–H and O–H groups in total. The Labute approximate surface area is 129 Å². The Morgan fingerprint density at radius 3 is 2.76 bits per heavy atom. The van der Waals surface area contributed by atoms with E-state index in [1.165, 1.54) is 18.2 Å². The topological polar surface area (TPSA) is 79.3 Å². The molecule has 1 aromatic carbocycles. The third-order valence-electron chi connectivity index (χ3n) is 2.58. The summed E-state index contributed by atoms with van der Waals surface area (Å²) in [4.78, 5) is 26.9. The highest BCUT2D eigenvalue weighted by atomic mass is 79.9. The number of benzene rings is 1. The number of amides is 1. The fourth-order valence-electron chi connectivity index (χ4n) is 1.62. The molecule has 5 nitrogen and oxygen atoms in total. The van der Waals surface area contributed by atoms with Crippen LogP contribution in [0.1, 0.15) is 15.9 Å². The van der Waals surface area contributed by atoms with Crippen molar-refractivity contribution in [3.8, 4) is 0 Å². The monoisotopic (exact) mass is 346 g/mol. The Morgan fingerprint density at radius 1 is 1.29 bits per heavy atom. The molecular weight excluding hydrogens is 336 g/mol. The van der Waals surface area contributed by atoms with Crippen LogP contribution >= 0.6 is 15.9 Å². The first kappa shape index (κ1) is 14.9. The first-order chi connectivity index (χ1) is 10.1. The summed E-state index contributed by atoms with van der Waals surface area (Å²) in [5.74, 6) is -1.52. The Hall–Kier alpha value is -2.47. The predicted octanol–water partition coefficient (Wildman–Crippen LogP) is 3.19. The van der Waals surface area contributed by atoms with Gasteiger partial charge in [-0.2, -0.15) is 0 Å². The number of nitrogens with one attached hydrogen (secondary N) is 1. The molecule has 0 atom stereocenters. The Kier molecular flexibility index (Phi) is 4.84. The summed E-state index contributed by atoms with van der Waals surface area (Å²) < 4.78 is 0.629. The summed E-state index contributed by atoms with van der Waals surface area (Å²) in [6.07, 6.45) is 6.18. The highest BCUT2D eigenvalue weighted by molar-refractivity contribution is 9.10. The normalized spacial score (nSPS) is 10.5. The lowest BCUT2D eigenvalue weighted by Gasteiger charge is -2.07. The van der Waals surface area contributed by atoms with Crippen molar-refractivity contribution in [3.63, 3.8) is 0 Å². The van der Waals surface area contributed by atoms with E-state index >= 15 is 0 Å². The summed E-state index contributed by atoms with van der Waals surface area (Å²) in [6, 6.07) is 8.19. The highest BCUT2D eigenvalue weighted by Crippen LogP contribution is 2.21. The van der Waals surface area contributed by atoms with E-state index in [0.29, 0.717) is 4.47 Å². The summed E-state index contributed by atoms with van der Waals surface area (Å²) >= 11 is 3.20. The number of nitrogens with zero attached hydrogens (tertiary/aromatic N) is 1. The van der Waals surface area contributed by atoms with Crippen LogP contribution < -0.4 is 5.32 Å². The molecule has 2 aromatic rings. The number of hydrogen-bond donors (Lipinski definition) is 2. The Morgan fingerprint density at radius 2 is 2.10 bits per heavy atom. The first-order valence-corrected chi connectivity index (χ1v) is 6.77. The maximum atomic E-state index is 11.8. The van der Waals surface area contributed by atoms with Gasteiger partial charge < -0.3 is 10.4 Å². The molecule has 0 aliphatic rings. The molecule has 1 amide bonds. The van der Waals surface area contributed by atoms with Crippen molar-refractivity contribution < 1.29 is 14.7 Å². The number of aromatic carboxylic acids is 1. The fraction of sp³-hybridized carbons (Fsp3) is 0. The Bertz CT molecular complexity index is 699. The van der Waals surface area contributed by atoms with Gasteiger partial charge in [0.05, 0.1) is 11.3 Å². The van der Waals surface area contributed by atoms with E-state index in [2.05, 4.69) is 26.2 Å². The third-order valence-corrected chi connectivity index (χ3v) is 3.07. The van der Waals surface area contributed by atoms with Gasteiger partial charge in [-0.3, -0.25) is 9.78 Å². The minimum atomic E-state index is -1.11. The van der Waals surface area contributed by atoms with E-state index in [0.717, 1.165) is 5.56 Å². The van der Waals surface area contributed by atoms with E-state index in [4.69, 9.17) is 5.11 Å². The summed E-state index contributed by atoms with van der Waals surface area (Å²) in [5.41, 5.74) is 1.04. The fourth-order valence-corrected chi connectivity index (χ4v) is 1.98. The highest BCUT2D eigenvalue weighted by Gasteiger charge is 2.11. The lowest BCUT2D eigenvalue weighted by Crippen LogP contribution is -2.12. The van der Waals surface area contributed by atoms with Crippen molar-refractivity contribution in [2.24, 2.45) is 0 Å². The number of aromatic nitrogens is 1. The van der Waals surface area contributed by atoms with Crippen LogP contribution in [-0.4, -0.2) is 22.0 Å². The van der Waals surface area contributed by atoms with Crippen LogP contribution in [0.5, 0.6) is 0 Å². The van der Waals surface area contributed by atoms with E-state index in [-0.39, 0.29) is 11.3 Å².